The third-order valence-electron chi connectivity index (χ3n) is 5.90. The Hall–Kier alpha value is -2.47. The summed E-state index contributed by atoms with van der Waals surface area (Å²) in [7, 11) is 0. The number of halogens is 1. The van der Waals surface area contributed by atoms with Crippen molar-refractivity contribution in [2.45, 2.75) is 60.5 Å². The summed E-state index contributed by atoms with van der Waals surface area (Å²) in [5.74, 6) is -0.447. The molecule has 0 spiro atoms. The Morgan fingerprint density at radius 3 is 2.67 bits per heavy atom. The maximum Gasteiger partial charge on any atom is 0.225 e. The summed E-state index contributed by atoms with van der Waals surface area (Å²) in [5, 5.41) is 37.0. The lowest BCUT2D eigenvalue weighted by molar-refractivity contribution is -0.128. The fourth-order valence-corrected chi connectivity index (χ4v) is 4.90. The number of aliphatic hydroxyl groups is 2. The van der Waals surface area contributed by atoms with E-state index >= 15 is 0 Å². The molecule has 1 amide bonds. The van der Waals surface area contributed by atoms with Crippen molar-refractivity contribution in [3.63, 3.8) is 0 Å². The first kappa shape index (κ1) is 22.3. The van der Waals surface area contributed by atoms with Crippen LogP contribution in [0.3, 0.4) is 0 Å². The van der Waals surface area contributed by atoms with Crippen molar-refractivity contribution in [3.05, 3.63) is 29.3 Å². The number of carbonyl (C=O) groups excluding carboxylic acids is 1. The van der Waals surface area contributed by atoms with Crippen molar-refractivity contribution in [3.8, 4) is 0 Å². The first-order valence-corrected chi connectivity index (χ1v) is 12.1. The lowest BCUT2D eigenvalue weighted by Gasteiger charge is -2.17. The summed E-state index contributed by atoms with van der Waals surface area (Å²) in [4.78, 5) is 22.6. The average Bonchev–Trinajstić information content (AvgIpc) is 3.44. The lowest BCUT2D eigenvalue weighted by Crippen LogP contribution is -2.38. The van der Waals surface area contributed by atoms with Gasteiger partial charge in [0, 0.05) is 22.5 Å². The third kappa shape index (κ3) is 4.50. The molecule has 0 aliphatic heterocycles. The number of hydrogen-bond acceptors (Lipinski definition) is 9. The SMILES string of the molecule is CCNC(=O)C1CC(n2nnc3c(NC4CC4)nc(Sc4ccc(Cl)cc4)nc32)C(O)C1O. The number of carbonyl (C=O) groups is 1. The van der Waals surface area contributed by atoms with Gasteiger partial charge in [-0.3, -0.25) is 4.79 Å². The maximum atomic E-state index is 12.4. The number of fused-ring (bicyclic) bond motifs is 1. The highest BCUT2D eigenvalue weighted by Gasteiger charge is 2.47. The average molecular weight is 490 g/mol. The maximum absolute atomic E-state index is 12.4. The quantitative estimate of drug-likeness (QED) is 0.367. The van der Waals surface area contributed by atoms with Crippen LogP contribution in [0.1, 0.15) is 32.2 Å². The molecule has 2 aliphatic rings. The van der Waals surface area contributed by atoms with Crippen LogP contribution < -0.4 is 10.6 Å². The first-order chi connectivity index (χ1) is 15.9. The summed E-state index contributed by atoms with van der Waals surface area (Å²) in [6.07, 6.45) is -0.0386. The summed E-state index contributed by atoms with van der Waals surface area (Å²) in [5.41, 5.74) is 0.933. The predicted octanol–water partition coefficient (Wildman–Crippen LogP) is 2.02. The van der Waals surface area contributed by atoms with Crippen LogP contribution in [0, 0.1) is 5.92 Å². The smallest absolute Gasteiger partial charge is 0.225 e. The third-order valence-corrected chi connectivity index (χ3v) is 7.02. The second kappa shape index (κ2) is 9.05. The molecule has 3 aromatic rings. The van der Waals surface area contributed by atoms with E-state index in [1.807, 2.05) is 19.1 Å². The van der Waals surface area contributed by atoms with Gasteiger partial charge in [0.15, 0.2) is 22.1 Å². The van der Waals surface area contributed by atoms with Gasteiger partial charge in [-0.25, -0.2) is 14.6 Å². The highest BCUT2D eigenvalue weighted by molar-refractivity contribution is 7.99. The Bertz CT molecular complexity index is 1170. The molecule has 10 nitrogen and oxygen atoms in total. The van der Waals surface area contributed by atoms with Crippen molar-refractivity contribution in [1.82, 2.24) is 30.3 Å². The molecule has 2 saturated carbocycles. The second-order valence-corrected chi connectivity index (χ2v) is 9.80. The standard InChI is InChI=1S/C21H24ClN7O3S/c1-2-23-20(32)13-9-14(17(31)16(13)30)29-19-15(27-28-29)18(24-11-5-6-11)25-21(26-19)33-12-7-3-10(22)4-8-12/h3-4,7-8,11,13-14,16-17,30-31H,2,5-6,9H2,1H3,(H,23,32)(H,24,25,26). The number of nitrogens with zero attached hydrogens (tertiary/aromatic N) is 5. The van der Waals surface area contributed by atoms with Gasteiger partial charge in [0.05, 0.1) is 18.1 Å². The van der Waals surface area contributed by atoms with E-state index in [2.05, 4.69) is 30.9 Å². The van der Waals surface area contributed by atoms with Crippen LogP contribution >= 0.6 is 23.4 Å². The fraction of sp³-hybridized carbons (Fsp3) is 0.476. The Labute approximate surface area is 199 Å². The summed E-state index contributed by atoms with van der Waals surface area (Å²) >= 11 is 7.37. The van der Waals surface area contributed by atoms with Gasteiger partial charge < -0.3 is 20.8 Å². The normalized spacial score (nSPS) is 24.8. The van der Waals surface area contributed by atoms with Crippen LogP contribution in [-0.2, 0) is 4.79 Å². The van der Waals surface area contributed by atoms with Gasteiger partial charge in [-0.2, -0.15) is 0 Å². The van der Waals surface area contributed by atoms with E-state index in [0.717, 1.165) is 17.7 Å². The lowest BCUT2D eigenvalue weighted by atomic mass is 10.0. The summed E-state index contributed by atoms with van der Waals surface area (Å²) in [6, 6.07) is 7.07. The fourth-order valence-electron chi connectivity index (χ4n) is 4.03. The molecule has 2 aliphatic carbocycles. The van der Waals surface area contributed by atoms with Crippen LogP contribution in [0.25, 0.3) is 11.2 Å². The van der Waals surface area contributed by atoms with Crippen LogP contribution in [0.2, 0.25) is 5.02 Å². The van der Waals surface area contributed by atoms with Crippen molar-refractivity contribution in [2.24, 2.45) is 5.92 Å². The summed E-state index contributed by atoms with van der Waals surface area (Å²) in [6.45, 7) is 2.26. The molecule has 174 valence electrons. The molecular weight excluding hydrogens is 466 g/mol. The number of rotatable bonds is 7. The predicted molar refractivity (Wildman–Crippen MR) is 123 cm³/mol. The Morgan fingerprint density at radius 2 is 1.97 bits per heavy atom. The zero-order chi connectivity index (χ0) is 23.1. The highest BCUT2D eigenvalue weighted by Crippen LogP contribution is 2.38. The Morgan fingerprint density at radius 1 is 1.21 bits per heavy atom. The van der Waals surface area contributed by atoms with Crippen LogP contribution in [0.5, 0.6) is 0 Å². The minimum Gasteiger partial charge on any atom is -0.390 e. The Kier molecular flexibility index (Phi) is 6.12. The van der Waals surface area contributed by atoms with Crippen LogP contribution in [0.15, 0.2) is 34.3 Å². The van der Waals surface area contributed by atoms with Crippen molar-refractivity contribution < 1.29 is 15.0 Å². The molecule has 12 heteroatoms. The monoisotopic (exact) mass is 489 g/mol. The molecule has 4 atom stereocenters. The van der Waals surface area contributed by atoms with Crippen molar-refractivity contribution in [1.29, 1.82) is 0 Å². The number of nitrogens with one attached hydrogen (secondary N) is 2. The number of benzene rings is 1. The van der Waals surface area contributed by atoms with E-state index in [1.54, 1.807) is 12.1 Å². The van der Waals surface area contributed by atoms with Gasteiger partial charge in [0.1, 0.15) is 6.10 Å². The van der Waals surface area contributed by atoms with Crippen LogP contribution in [-0.4, -0.2) is 65.9 Å². The van der Waals surface area contributed by atoms with Gasteiger partial charge >= 0.3 is 0 Å². The summed E-state index contributed by atoms with van der Waals surface area (Å²) < 4.78 is 1.51. The van der Waals surface area contributed by atoms with E-state index in [-0.39, 0.29) is 12.3 Å². The van der Waals surface area contributed by atoms with Crippen molar-refractivity contribution >= 4 is 46.3 Å². The minimum absolute atomic E-state index is 0.224. The van der Waals surface area contributed by atoms with Crippen molar-refractivity contribution in [2.75, 3.05) is 11.9 Å². The molecule has 2 heterocycles. The number of aromatic nitrogens is 5. The highest BCUT2D eigenvalue weighted by atomic mass is 35.5. The van der Waals surface area contributed by atoms with Gasteiger partial charge in [0.25, 0.3) is 0 Å². The zero-order valence-electron chi connectivity index (χ0n) is 17.8. The topological polar surface area (TPSA) is 138 Å². The first-order valence-electron chi connectivity index (χ1n) is 10.9. The molecule has 4 N–H and O–H groups in total. The molecule has 2 fully saturated rings. The second-order valence-electron chi connectivity index (χ2n) is 8.32. The molecule has 33 heavy (non-hydrogen) atoms. The van der Waals surface area contributed by atoms with E-state index in [4.69, 9.17) is 11.6 Å². The molecule has 0 saturated heterocycles. The van der Waals surface area contributed by atoms with E-state index in [9.17, 15) is 15.0 Å². The molecule has 5 rings (SSSR count). The van der Waals surface area contributed by atoms with Gasteiger partial charge in [0.2, 0.25) is 5.91 Å². The largest absolute Gasteiger partial charge is 0.390 e. The van der Waals surface area contributed by atoms with E-state index in [1.165, 1.54) is 16.4 Å². The number of anilines is 1. The van der Waals surface area contributed by atoms with Gasteiger partial charge in [-0.1, -0.05) is 16.8 Å². The zero-order valence-corrected chi connectivity index (χ0v) is 19.4. The molecule has 1 aromatic carbocycles. The molecule has 4 unspecified atom stereocenters. The minimum atomic E-state index is -1.20. The van der Waals surface area contributed by atoms with Gasteiger partial charge in [-0.15, -0.1) is 5.10 Å². The number of amides is 1. The number of hydrogen-bond donors (Lipinski definition) is 4. The molecular formula is C21H24ClN7O3S. The number of aliphatic hydroxyl groups excluding tert-OH is 2. The molecule has 0 radical (unpaired) electrons. The van der Waals surface area contributed by atoms with Crippen LogP contribution in [0.4, 0.5) is 5.82 Å². The molecule has 0 bridgehead atoms. The molecule has 2 aromatic heterocycles. The van der Waals surface area contributed by atoms with Gasteiger partial charge in [-0.05, 0) is 62.2 Å². The Balaban J connectivity index is 1.51. The van der Waals surface area contributed by atoms with E-state index in [0.29, 0.717) is 39.7 Å². The van der Waals surface area contributed by atoms with E-state index < -0.39 is 24.2 Å².